The maximum atomic E-state index is 9.09. The lowest BCUT2D eigenvalue weighted by Gasteiger charge is -2.06. The molecule has 0 aromatic heterocycles. The number of hydrogen-bond acceptors (Lipinski definition) is 3. The summed E-state index contributed by atoms with van der Waals surface area (Å²) < 4.78 is 0. The van der Waals surface area contributed by atoms with Crippen LogP contribution in [0.15, 0.2) is 40.7 Å². The number of para-hydroxylation sites is 1. The van der Waals surface area contributed by atoms with Crippen LogP contribution in [0.3, 0.4) is 0 Å². The number of anilines is 1. The van der Waals surface area contributed by atoms with E-state index in [0.29, 0.717) is 5.69 Å². The molecule has 0 atom stereocenters. The lowest BCUT2D eigenvalue weighted by Crippen LogP contribution is -2.07. The van der Waals surface area contributed by atoms with Gasteiger partial charge in [0.05, 0.1) is 12.7 Å². The standard InChI is InChI=1S/C7H9N3O/c1-8-9-10(11)7-5-3-2-4-6-7/h2-6,11H,1H3/b9-8-. The first-order valence-corrected chi connectivity index (χ1v) is 3.18. The average Bonchev–Trinajstić information content (AvgIpc) is 2.07. The Kier molecular flexibility index (Phi) is 2.57. The Hall–Kier alpha value is -1.42. The van der Waals surface area contributed by atoms with Crippen molar-refractivity contribution in [3.63, 3.8) is 0 Å². The average molecular weight is 151 g/mol. The maximum Gasteiger partial charge on any atom is 0.0916 e. The minimum atomic E-state index is 0.595. The van der Waals surface area contributed by atoms with Gasteiger partial charge in [0.1, 0.15) is 0 Å². The normalized spacial score (nSPS) is 10.4. The van der Waals surface area contributed by atoms with Gasteiger partial charge in [-0.15, -0.1) is 5.17 Å². The topological polar surface area (TPSA) is 48.2 Å². The van der Waals surface area contributed by atoms with Crippen LogP contribution in [0, 0.1) is 0 Å². The van der Waals surface area contributed by atoms with Crippen LogP contribution in [0.25, 0.3) is 0 Å². The molecule has 1 aromatic rings. The highest BCUT2D eigenvalue weighted by Crippen LogP contribution is 2.10. The summed E-state index contributed by atoms with van der Waals surface area (Å²) in [6.45, 7) is 0. The first kappa shape index (κ1) is 7.68. The second-order valence-corrected chi connectivity index (χ2v) is 1.91. The van der Waals surface area contributed by atoms with E-state index in [-0.39, 0.29) is 0 Å². The van der Waals surface area contributed by atoms with E-state index in [1.165, 1.54) is 7.05 Å². The fraction of sp³-hybridized carbons (Fsp3) is 0.143. The van der Waals surface area contributed by atoms with Gasteiger partial charge in [0, 0.05) is 0 Å². The molecule has 0 radical (unpaired) electrons. The monoisotopic (exact) mass is 151 g/mol. The van der Waals surface area contributed by atoms with E-state index < -0.39 is 0 Å². The van der Waals surface area contributed by atoms with Crippen LogP contribution in [-0.4, -0.2) is 12.3 Å². The van der Waals surface area contributed by atoms with E-state index in [2.05, 4.69) is 10.3 Å². The largest absolute Gasteiger partial charge is 0.266 e. The van der Waals surface area contributed by atoms with E-state index in [9.17, 15) is 0 Å². The smallest absolute Gasteiger partial charge is 0.0916 e. The fourth-order valence-electron chi connectivity index (χ4n) is 0.698. The molecular weight excluding hydrogens is 142 g/mol. The second-order valence-electron chi connectivity index (χ2n) is 1.91. The molecule has 0 spiro atoms. The van der Waals surface area contributed by atoms with Crippen LogP contribution in [0.1, 0.15) is 0 Å². The molecule has 0 heterocycles. The summed E-state index contributed by atoms with van der Waals surface area (Å²) >= 11 is 0. The maximum absolute atomic E-state index is 9.09. The van der Waals surface area contributed by atoms with Crippen LogP contribution in [0.2, 0.25) is 0 Å². The number of benzene rings is 1. The fourth-order valence-corrected chi connectivity index (χ4v) is 0.698. The van der Waals surface area contributed by atoms with Gasteiger partial charge in [-0.25, -0.2) is 0 Å². The molecule has 0 unspecified atom stereocenters. The van der Waals surface area contributed by atoms with Gasteiger partial charge in [0.25, 0.3) is 0 Å². The van der Waals surface area contributed by atoms with Crippen LogP contribution >= 0.6 is 0 Å². The van der Waals surface area contributed by atoms with Gasteiger partial charge in [0.15, 0.2) is 0 Å². The molecule has 4 nitrogen and oxygen atoms in total. The molecule has 0 saturated carbocycles. The van der Waals surface area contributed by atoms with E-state index in [1.807, 2.05) is 18.2 Å². The summed E-state index contributed by atoms with van der Waals surface area (Å²) in [5.41, 5.74) is 0.595. The number of nitrogens with zero attached hydrogens (tertiary/aromatic N) is 3. The predicted molar refractivity (Wildman–Crippen MR) is 41.5 cm³/mol. The molecule has 0 aliphatic carbocycles. The molecule has 58 valence electrons. The Morgan fingerprint density at radius 1 is 1.27 bits per heavy atom. The second kappa shape index (κ2) is 3.68. The zero-order valence-corrected chi connectivity index (χ0v) is 6.18. The zero-order valence-electron chi connectivity index (χ0n) is 6.18. The molecule has 1 rings (SSSR count). The summed E-state index contributed by atoms with van der Waals surface area (Å²) in [6, 6.07) is 8.94. The summed E-state index contributed by atoms with van der Waals surface area (Å²) in [5.74, 6) is 0. The summed E-state index contributed by atoms with van der Waals surface area (Å²) in [7, 11) is 1.49. The number of rotatable bonds is 2. The lowest BCUT2D eigenvalue weighted by atomic mass is 10.3. The van der Waals surface area contributed by atoms with E-state index in [0.717, 1.165) is 5.17 Å². The SMILES string of the molecule is C/N=N\N(O)c1ccccc1. The van der Waals surface area contributed by atoms with E-state index in [1.54, 1.807) is 12.1 Å². The van der Waals surface area contributed by atoms with Crippen LogP contribution in [0.5, 0.6) is 0 Å². The molecule has 1 N–H and O–H groups in total. The summed E-state index contributed by atoms with van der Waals surface area (Å²) in [4.78, 5) is 0. The molecular formula is C7H9N3O. The van der Waals surface area contributed by atoms with Gasteiger partial charge < -0.3 is 0 Å². The highest BCUT2D eigenvalue weighted by atomic mass is 16.5. The highest BCUT2D eigenvalue weighted by Gasteiger charge is 1.96. The third-order valence-corrected chi connectivity index (χ3v) is 1.16. The van der Waals surface area contributed by atoms with Crippen molar-refractivity contribution in [2.45, 2.75) is 0 Å². The molecule has 0 aliphatic rings. The number of hydrogen-bond donors (Lipinski definition) is 1. The van der Waals surface area contributed by atoms with Gasteiger partial charge >= 0.3 is 0 Å². The first-order chi connectivity index (χ1) is 5.34. The van der Waals surface area contributed by atoms with Crippen molar-refractivity contribution in [3.8, 4) is 0 Å². The molecule has 0 bridgehead atoms. The molecule has 0 amide bonds. The van der Waals surface area contributed by atoms with Crippen molar-refractivity contribution < 1.29 is 5.21 Å². The van der Waals surface area contributed by atoms with Crippen molar-refractivity contribution in [1.29, 1.82) is 0 Å². The third kappa shape index (κ3) is 2.01. The van der Waals surface area contributed by atoms with Crippen LogP contribution in [0.4, 0.5) is 5.69 Å². The minimum Gasteiger partial charge on any atom is -0.266 e. The van der Waals surface area contributed by atoms with Gasteiger partial charge in [-0.1, -0.05) is 18.2 Å². The summed E-state index contributed by atoms with van der Waals surface area (Å²) in [6.07, 6.45) is 0. The van der Waals surface area contributed by atoms with Crippen molar-refractivity contribution in [2.24, 2.45) is 10.3 Å². The van der Waals surface area contributed by atoms with Crippen molar-refractivity contribution in [1.82, 2.24) is 0 Å². The molecule has 1 aromatic carbocycles. The van der Waals surface area contributed by atoms with Crippen molar-refractivity contribution >= 4 is 5.69 Å². The third-order valence-electron chi connectivity index (χ3n) is 1.16. The Balaban J connectivity index is 2.76. The molecule has 4 heteroatoms. The molecule has 11 heavy (non-hydrogen) atoms. The first-order valence-electron chi connectivity index (χ1n) is 3.18. The zero-order chi connectivity index (χ0) is 8.10. The van der Waals surface area contributed by atoms with Gasteiger partial charge in [-0.2, -0.15) is 5.11 Å². The Morgan fingerprint density at radius 2 is 1.91 bits per heavy atom. The van der Waals surface area contributed by atoms with Crippen molar-refractivity contribution in [3.05, 3.63) is 30.3 Å². The highest BCUT2D eigenvalue weighted by molar-refractivity contribution is 5.41. The lowest BCUT2D eigenvalue weighted by molar-refractivity contribution is 0.251. The quantitative estimate of drug-likeness (QED) is 0.518. The minimum absolute atomic E-state index is 0.595. The Morgan fingerprint density at radius 3 is 2.45 bits per heavy atom. The molecule has 0 saturated heterocycles. The Labute approximate surface area is 64.7 Å². The van der Waals surface area contributed by atoms with Crippen LogP contribution in [-0.2, 0) is 0 Å². The van der Waals surface area contributed by atoms with Gasteiger partial charge in [-0.05, 0) is 17.4 Å². The van der Waals surface area contributed by atoms with Gasteiger partial charge in [0.2, 0.25) is 0 Å². The van der Waals surface area contributed by atoms with Crippen molar-refractivity contribution in [2.75, 3.05) is 12.2 Å². The summed E-state index contributed by atoms with van der Waals surface area (Å²) in [5, 5.41) is 16.6. The van der Waals surface area contributed by atoms with E-state index >= 15 is 0 Å². The van der Waals surface area contributed by atoms with Crippen LogP contribution < -0.4 is 5.17 Å². The van der Waals surface area contributed by atoms with Gasteiger partial charge in [-0.3, -0.25) is 5.21 Å². The molecule has 0 fully saturated rings. The predicted octanol–water partition coefficient (Wildman–Crippen LogP) is 1.88. The van der Waals surface area contributed by atoms with E-state index in [4.69, 9.17) is 5.21 Å². The Bertz CT molecular complexity index is 235. The molecule has 0 aliphatic heterocycles.